The molecule has 0 aliphatic heterocycles. The summed E-state index contributed by atoms with van der Waals surface area (Å²) in [7, 11) is -3.08. The molecule has 0 N–H and O–H groups in total. The Morgan fingerprint density at radius 2 is 1.94 bits per heavy atom. The van der Waals surface area contributed by atoms with Gasteiger partial charge < -0.3 is 4.74 Å². The van der Waals surface area contributed by atoms with E-state index in [1.165, 1.54) is 6.08 Å². The largest absolute Gasteiger partial charge is 0.465 e. The molecule has 0 bridgehead atoms. The van der Waals surface area contributed by atoms with Gasteiger partial charge in [-0.2, -0.15) is 0 Å². The molecular weight excluding hydrogens is 240 g/mol. The first-order valence-corrected chi connectivity index (χ1v) is 7.64. The number of carbonyl (C=O) groups is 1. The Labute approximate surface area is 104 Å². The van der Waals surface area contributed by atoms with E-state index in [4.69, 9.17) is 4.74 Å². The number of esters is 1. The van der Waals surface area contributed by atoms with E-state index in [0.717, 1.165) is 0 Å². The molecule has 0 saturated carbocycles. The Hall–Kier alpha value is -0.840. The maximum atomic E-state index is 11.7. The number of hydrogen-bond acceptors (Lipinski definition) is 4. The average Bonchev–Trinajstić information content (AvgIpc) is 2.26. The summed E-state index contributed by atoms with van der Waals surface area (Å²) >= 11 is 0. The van der Waals surface area contributed by atoms with Crippen LogP contribution < -0.4 is 0 Å². The summed E-state index contributed by atoms with van der Waals surface area (Å²) in [5.41, 5.74) is -0.920. The summed E-state index contributed by atoms with van der Waals surface area (Å²) in [5.74, 6) is -0.271. The van der Waals surface area contributed by atoms with E-state index in [2.05, 4.69) is 6.58 Å². The van der Waals surface area contributed by atoms with Crippen LogP contribution in [0.4, 0.5) is 0 Å². The zero-order chi connectivity index (χ0) is 13.5. The zero-order valence-electron chi connectivity index (χ0n) is 10.9. The van der Waals surface area contributed by atoms with Crippen LogP contribution in [0.25, 0.3) is 0 Å². The number of rotatable bonds is 8. The van der Waals surface area contributed by atoms with Gasteiger partial charge in [-0.15, -0.1) is 6.58 Å². The zero-order valence-corrected chi connectivity index (χ0v) is 11.7. The molecule has 0 fully saturated rings. The molecule has 0 aromatic heterocycles. The average molecular weight is 262 g/mol. The van der Waals surface area contributed by atoms with E-state index < -0.39 is 21.2 Å². The molecule has 0 aromatic rings. The van der Waals surface area contributed by atoms with Crippen LogP contribution >= 0.6 is 0 Å². The monoisotopic (exact) mass is 262 g/mol. The van der Waals surface area contributed by atoms with Gasteiger partial charge in [-0.3, -0.25) is 4.79 Å². The fraction of sp³-hybridized carbons (Fsp3) is 0.750. The Bertz CT molecular complexity index is 359. The molecule has 100 valence electrons. The Balaban J connectivity index is 4.61. The third-order valence-electron chi connectivity index (χ3n) is 2.64. The summed E-state index contributed by atoms with van der Waals surface area (Å²) in [6.07, 6.45) is 2.27. The van der Waals surface area contributed by atoms with Crippen LogP contribution in [-0.4, -0.2) is 32.5 Å². The van der Waals surface area contributed by atoms with Gasteiger partial charge >= 0.3 is 5.97 Å². The van der Waals surface area contributed by atoms with Crippen LogP contribution in [0.5, 0.6) is 0 Å². The van der Waals surface area contributed by atoms with Gasteiger partial charge in [0.15, 0.2) is 0 Å². The standard InChI is InChI=1S/C12H22O4S/c1-5-9-17(14,15)10-8-12(4,6-2)11(13)16-7-3/h6H,2,5,7-10H2,1,3-4H3. The van der Waals surface area contributed by atoms with Gasteiger partial charge in [-0.05, 0) is 26.7 Å². The minimum atomic E-state index is -3.08. The molecule has 0 aliphatic rings. The molecule has 0 radical (unpaired) electrons. The van der Waals surface area contributed by atoms with Gasteiger partial charge in [-0.25, -0.2) is 8.42 Å². The van der Waals surface area contributed by atoms with Crippen molar-refractivity contribution in [2.45, 2.75) is 33.6 Å². The molecule has 0 spiro atoms. The second-order valence-electron chi connectivity index (χ2n) is 4.24. The molecule has 0 amide bonds. The van der Waals surface area contributed by atoms with Crippen molar-refractivity contribution in [2.24, 2.45) is 5.41 Å². The molecule has 0 aromatic carbocycles. The van der Waals surface area contributed by atoms with E-state index in [1.807, 2.05) is 6.92 Å². The fourth-order valence-electron chi connectivity index (χ4n) is 1.36. The lowest BCUT2D eigenvalue weighted by atomic mass is 9.88. The minimum absolute atomic E-state index is 0.0117. The first-order chi connectivity index (χ1) is 7.81. The number of carbonyl (C=O) groups excluding carboxylic acids is 1. The van der Waals surface area contributed by atoms with Crippen LogP contribution in [0.2, 0.25) is 0 Å². The summed E-state index contributed by atoms with van der Waals surface area (Å²) in [5, 5.41) is 0. The normalized spacial score (nSPS) is 15.0. The molecule has 0 rings (SSSR count). The van der Waals surface area contributed by atoms with Gasteiger partial charge in [0.05, 0.1) is 17.8 Å². The molecule has 1 unspecified atom stereocenters. The highest BCUT2D eigenvalue weighted by Crippen LogP contribution is 2.25. The predicted molar refractivity (Wildman–Crippen MR) is 68.5 cm³/mol. The van der Waals surface area contributed by atoms with E-state index in [-0.39, 0.29) is 24.5 Å². The molecule has 4 nitrogen and oxygen atoms in total. The van der Waals surface area contributed by atoms with Crippen molar-refractivity contribution in [3.63, 3.8) is 0 Å². The molecule has 0 aliphatic carbocycles. The summed E-state index contributed by atoms with van der Waals surface area (Å²) in [6.45, 7) is 9.05. The number of hydrogen-bond donors (Lipinski definition) is 0. The smallest absolute Gasteiger partial charge is 0.315 e. The molecule has 1 atom stereocenters. The van der Waals surface area contributed by atoms with Crippen LogP contribution in [0, 0.1) is 5.41 Å². The van der Waals surface area contributed by atoms with E-state index in [0.29, 0.717) is 6.42 Å². The maximum Gasteiger partial charge on any atom is 0.315 e. The predicted octanol–water partition coefficient (Wildman–Crippen LogP) is 1.96. The highest BCUT2D eigenvalue weighted by molar-refractivity contribution is 7.91. The molecule has 5 heteroatoms. The molecule has 0 heterocycles. The quantitative estimate of drug-likeness (QED) is 0.495. The van der Waals surface area contributed by atoms with Gasteiger partial charge in [-0.1, -0.05) is 13.0 Å². The summed E-state index contributed by atoms with van der Waals surface area (Å²) in [4.78, 5) is 11.7. The van der Waals surface area contributed by atoms with Crippen molar-refractivity contribution in [1.82, 2.24) is 0 Å². The first-order valence-electron chi connectivity index (χ1n) is 5.82. The van der Waals surface area contributed by atoms with Gasteiger partial charge in [0.1, 0.15) is 9.84 Å². The number of ether oxygens (including phenoxy) is 1. The van der Waals surface area contributed by atoms with Crippen molar-refractivity contribution < 1.29 is 17.9 Å². The molecule has 17 heavy (non-hydrogen) atoms. The highest BCUT2D eigenvalue weighted by Gasteiger charge is 2.32. The fourth-order valence-corrected chi connectivity index (χ4v) is 2.93. The molecular formula is C12H22O4S. The Kier molecular flexibility index (Phi) is 6.45. The highest BCUT2D eigenvalue weighted by atomic mass is 32.2. The van der Waals surface area contributed by atoms with Gasteiger partial charge in [0.25, 0.3) is 0 Å². The van der Waals surface area contributed by atoms with E-state index >= 15 is 0 Å². The lowest BCUT2D eigenvalue weighted by molar-refractivity contribution is -0.151. The Morgan fingerprint density at radius 3 is 2.35 bits per heavy atom. The Morgan fingerprint density at radius 1 is 1.35 bits per heavy atom. The van der Waals surface area contributed by atoms with Crippen molar-refractivity contribution in [3.8, 4) is 0 Å². The summed E-state index contributed by atoms with van der Waals surface area (Å²) < 4.78 is 28.1. The second-order valence-corrected chi connectivity index (χ2v) is 6.55. The van der Waals surface area contributed by atoms with Crippen molar-refractivity contribution in [3.05, 3.63) is 12.7 Å². The van der Waals surface area contributed by atoms with Crippen LogP contribution in [0.3, 0.4) is 0 Å². The van der Waals surface area contributed by atoms with Gasteiger partial charge in [0, 0.05) is 5.75 Å². The van der Waals surface area contributed by atoms with Crippen LogP contribution in [0.1, 0.15) is 33.6 Å². The number of sulfone groups is 1. The first kappa shape index (κ1) is 16.2. The van der Waals surface area contributed by atoms with Crippen molar-refractivity contribution in [2.75, 3.05) is 18.1 Å². The van der Waals surface area contributed by atoms with Gasteiger partial charge in [0.2, 0.25) is 0 Å². The van der Waals surface area contributed by atoms with Crippen LogP contribution in [0.15, 0.2) is 12.7 Å². The third-order valence-corrected chi connectivity index (χ3v) is 4.50. The van der Waals surface area contributed by atoms with Crippen molar-refractivity contribution >= 4 is 15.8 Å². The SMILES string of the molecule is C=CC(C)(CCS(=O)(=O)CCC)C(=O)OCC. The molecule has 0 saturated heterocycles. The minimum Gasteiger partial charge on any atom is -0.465 e. The summed E-state index contributed by atoms with van der Waals surface area (Å²) in [6, 6.07) is 0. The third kappa shape index (κ3) is 5.35. The second kappa shape index (κ2) is 6.79. The van der Waals surface area contributed by atoms with Crippen molar-refractivity contribution in [1.29, 1.82) is 0 Å². The maximum absolute atomic E-state index is 11.7. The van der Waals surface area contributed by atoms with E-state index in [9.17, 15) is 13.2 Å². The van der Waals surface area contributed by atoms with Crippen LogP contribution in [-0.2, 0) is 19.4 Å². The van der Waals surface area contributed by atoms with E-state index in [1.54, 1.807) is 13.8 Å². The lowest BCUT2D eigenvalue weighted by Crippen LogP contribution is -2.30. The topological polar surface area (TPSA) is 60.4 Å². The lowest BCUT2D eigenvalue weighted by Gasteiger charge is -2.22.